The third-order valence-electron chi connectivity index (χ3n) is 3.35. The molecule has 0 spiro atoms. The van der Waals surface area contributed by atoms with Crippen molar-refractivity contribution < 1.29 is 4.79 Å². The fraction of sp³-hybridized carbons (Fsp3) is 0.538. The second-order valence-corrected chi connectivity index (χ2v) is 4.68. The molecule has 0 aliphatic carbocycles. The van der Waals surface area contributed by atoms with Gasteiger partial charge in [0.25, 0.3) is 0 Å². The lowest BCUT2D eigenvalue weighted by Gasteiger charge is -2.30. The lowest BCUT2D eigenvalue weighted by Crippen LogP contribution is -2.43. The summed E-state index contributed by atoms with van der Waals surface area (Å²) in [5.74, 6) is 0.356. The number of rotatable bonds is 2. The van der Waals surface area contributed by atoms with Crippen LogP contribution >= 0.6 is 0 Å². The van der Waals surface area contributed by atoms with E-state index in [4.69, 9.17) is 0 Å². The molecule has 1 N–H and O–H groups in total. The van der Waals surface area contributed by atoms with Crippen molar-refractivity contribution in [1.82, 2.24) is 10.3 Å². The smallest absolute Gasteiger partial charge is 0.229 e. The highest BCUT2D eigenvalue weighted by molar-refractivity contribution is 5.94. The molecular formula is C13H19N3O. The lowest BCUT2D eigenvalue weighted by atomic mass is 9.92. The maximum atomic E-state index is 12.3. The van der Waals surface area contributed by atoms with Gasteiger partial charge in [-0.25, -0.2) is 0 Å². The first-order chi connectivity index (χ1) is 8.18. The van der Waals surface area contributed by atoms with Crippen molar-refractivity contribution in [3.05, 3.63) is 24.5 Å². The molecule has 2 rings (SSSR count). The predicted molar refractivity (Wildman–Crippen MR) is 67.8 cm³/mol. The van der Waals surface area contributed by atoms with Crippen LogP contribution in [-0.2, 0) is 4.79 Å². The predicted octanol–water partition coefficient (Wildman–Crippen LogP) is 1.43. The second-order valence-electron chi connectivity index (χ2n) is 4.68. The van der Waals surface area contributed by atoms with Crippen molar-refractivity contribution in [2.24, 2.45) is 5.92 Å². The van der Waals surface area contributed by atoms with Gasteiger partial charge >= 0.3 is 0 Å². The number of carbonyl (C=O) groups excluding carboxylic acids is 1. The number of nitrogens with one attached hydrogen (secondary N) is 1. The van der Waals surface area contributed by atoms with Crippen molar-refractivity contribution in [1.29, 1.82) is 0 Å². The average molecular weight is 233 g/mol. The SMILES string of the molecule is CC1CC(C(=O)N(C)c2ccncc2)CCN1. The first-order valence-corrected chi connectivity index (χ1v) is 6.09. The van der Waals surface area contributed by atoms with Crippen molar-refractivity contribution in [2.45, 2.75) is 25.8 Å². The summed E-state index contributed by atoms with van der Waals surface area (Å²) in [6.45, 7) is 3.06. The third kappa shape index (κ3) is 2.82. The van der Waals surface area contributed by atoms with E-state index in [0.29, 0.717) is 6.04 Å². The Morgan fingerprint density at radius 2 is 2.18 bits per heavy atom. The Balaban J connectivity index is 2.04. The number of anilines is 1. The summed E-state index contributed by atoms with van der Waals surface area (Å²) in [5, 5.41) is 3.36. The van der Waals surface area contributed by atoms with Crippen LogP contribution in [0.1, 0.15) is 19.8 Å². The van der Waals surface area contributed by atoms with Crippen molar-refractivity contribution in [3.8, 4) is 0 Å². The van der Waals surface area contributed by atoms with Gasteiger partial charge in [0.2, 0.25) is 5.91 Å². The first kappa shape index (κ1) is 12.0. The number of hydrogen-bond acceptors (Lipinski definition) is 3. The molecule has 0 radical (unpaired) electrons. The average Bonchev–Trinajstić information content (AvgIpc) is 2.38. The van der Waals surface area contributed by atoms with E-state index in [2.05, 4.69) is 17.2 Å². The van der Waals surface area contributed by atoms with Gasteiger partial charge in [-0.2, -0.15) is 0 Å². The fourth-order valence-electron chi connectivity index (χ4n) is 2.32. The highest BCUT2D eigenvalue weighted by Gasteiger charge is 2.27. The van der Waals surface area contributed by atoms with Gasteiger partial charge in [0.15, 0.2) is 0 Å². The largest absolute Gasteiger partial charge is 0.315 e. The Kier molecular flexibility index (Phi) is 3.74. The van der Waals surface area contributed by atoms with Gasteiger partial charge in [0.05, 0.1) is 0 Å². The molecule has 4 nitrogen and oxygen atoms in total. The maximum absolute atomic E-state index is 12.3. The second kappa shape index (κ2) is 5.27. The minimum atomic E-state index is 0.143. The molecule has 17 heavy (non-hydrogen) atoms. The number of nitrogens with zero attached hydrogens (tertiary/aromatic N) is 2. The van der Waals surface area contributed by atoms with Crippen LogP contribution in [-0.4, -0.2) is 30.5 Å². The zero-order valence-corrected chi connectivity index (χ0v) is 10.4. The molecule has 1 aromatic heterocycles. The molecule has 0 bridgehead atoms. The molecule has 4 heteroatoms. The fourth-order valence-corrected chi connectivity index (χ4v) is 2.32. The van der Waals surface area contributed by atoms with E-state index >= 15 is 0 Å². The van der Waals surface area contributed by atoms with Crippen LogP contribution in [0.3, 0.4) is 0 Å². The summed E-state index contributed by atoms with van der Waals surface area (Å²) in [6.07, 6.45) is 5.28. The number of hydrogen-bond donors (Lipinski definition) is 1. The van der Waals surface area contributed by atoms with E-state index in [1.807, 2.05) is 19.2 Å². The molecule has 1 aliphatic rings. The highest BCUT2D eigenvalue weighted by atomic mass is 16.2. The molecule has 2 heterocycles. The Morgan fingerprint density at radius 1 is 1.47 bits per heavy atom. The van der Waals surface area contributed by atoms with Crippen LogP contribution in [0.5, 0.6) is 0 Å². The van der Waals surface area contributed by atoms with Gasteiger partial charge < -0.3 is 10.2 Å². The van der Waals surface area contributed by atoms with E-state index in [-0.39, 0.29) is 11.8 Å². The molecule has 0 saturated carbocycles. The summed E-state index contributed by atoms with van der Waals surface area (Å²) in [5.41, 5.74) is 0.913. The molecule has 1 amide bonds. The van der Waals surface area contributed by atoms with Crippen molar-refractivity contribution >= 4 is 11.6 Å². The Morgan fingerprint density at radius 3 is 2.82 bits per heavy atom. The maximum Gasteiger partial charge on any atom is 0.229 e. The zero-order valence-electron chi connectivity index (χ0n) is 10.4. The topological polar surface area (TPSA) is 45.2 Å². The van der Waals surface area contributed by atoms with Crippen LogP contribution in [0, 0.1) is 5.92 Å². The van der Waals surface area contributed by atoms with Crippen LogP contribution in [0.25, 0.3) is 0 Å². The molecule has 2 atom stereocenters. The normalized spacial score (nSPS) is 24.4. The number of carbonyl (C=O) groups is 1. The highest BCUT2D eigenvalue weighted by Crippen LogP contribution is 2.21. The summed E-state index contributed by atoms with van der Waals surface area (Å²) in [7, 11) is 1.84. The molecule has 0 aromatic carbocycles. The number of aromatic nitrogens is 1. The van der Waals surface area contributed by atoms with Gasteiger partial charge in [0, 0.05) is 37.1 Å². The minimum Gasteiger partial charge on any atom is -0.315 e. The minimum absolute atomic E-state index is 0.143. The Labute approximate surface area is 102 Å². The van der Waals surface area contributed by atoms with Gasteiger partial charge in [0.1, 0.15) is 0 Å². The van der Waals surface area contributed by atoms with E-state index in [1.165, 1.54) is 0 Å². The van der Waals surface area contributed by atoms with Gasteiger partial charge in [-0.1, -0.05) is 0 Å². The summed E-state index contributed by atoms with van der Waals surface area (Å²) >= 11 is 0. The Bertz CT molecular complexity index is 380. The van der Waals surface area contributed by atoms with Crippen molar-refractivity contribution in [2.75, 3.05) is 18.5 Å². The first-order valence-electron chi connectivity index (χ1n) is 6.09. The van der Waals surface area contributed by atoms with E-state index in [0.717, 1.165) is 25.1 Å². The molecule has 92 valence electrons. The molecule has 1 aliphatic heterocycles. The van der Waals surface area contributed by atoms with Gasteiger partial charge in [-0.3, -0.25) is 9.78 Å². The quantitative estimate of drug-likeness (QED) is 0.840. The van der Waals surface area contributed by atoms with Crippen LogP contribution < -0.4 is 10.2 Å². The zero-order chi connectivity index (χ0) is 12.3. The van der Waals surface area contributed by atoms with Gasteiger partial charge in [-0.15, -0.1) is 0 Å². The molecule has 1 saturated heterocycles. The number of amides is 1. The number of piperidine rings is 1. The van der Waals surface area contributed by atoms with Crippen LogP contribution in [0.2, 0.25) is 0 Å². The molecule has 2 unspecified atom stereocenters. The number of pyridine rings is 1. The van der Waals surface area contributed by atoms with Crippen molar-refractivity contribution in [3.63, 3.8) is 0 Å². The van der Waals surface area contributed by atoms with E-state index < -0.39 is 0 Å². The lowest BCUT2D eigenvalue weighted by molar-refractivity contribution is -0.123. The summed E-state index contributed by atoms with van der Waals surface area (Å²) in [6, 6.07) is 4.16. The third-order valence-corrected chi connectivity index (χ3v) is 3.35. The van der Waals surface area contributed by atoms with Crippen LogP contribution in [0.15, 0.2) is 24.5 Å². The summed E-state index contributed by atoms with van der Waals surface area (Å²) < 4.78 is 0. The summed E-state index contributed by atoms with van der Waals surface area (Å²) in [4.78, 5) is 18.0. The van der Waals surface area contributed by atoms with Crippen LogP contribution in [0.4, 0.5) is 5.69 Å². The molecular weight excluding hydrogens is 214 g/mol. The molecule has 1 aromatic rings. The monoisotopic (exact) mass is 233 g/mol. The van der Waals surface area contributed by atoms with Gasteiger partial charge in [-0.05, 0) is 38.4 Å². The standard InChI is InChI=1S/C13H19N3O/c1-10-9-11(3-8-15-10)13(17)16(2)12-4-6-14-7-5-12/h4-7,10-11,15H,3,8-9H2,1-2H3. The van der Waals surface area contributed by atoms with E-state index in [1.54, 1.807) is 17.3 Å². The van der Waals surface area contributed by atoms with E-state index in [9.17, 15) is 4.79 Å². The Hall–Kier alpha value is -1.42. The molecule has 1 fully saturated rings.